The van der Waals surface area contributed by atoms with Crippen LogP contribution in [0.1, 0.15) is 32.3 Å². The van der Waals surface area contributed by atoms with Crippen LogP contribution >= 0.6 is 27.9 Å². The number of nitrogens with one attached hydrogen (secondary N) is 1. The topological polar surface area (TPSA) is 12.0 Å². The van der Waals surface area contributed by atoms with Gasteiger partial charge in [-0.25, -0.2) is 0 Å². The van der Waals surface area contributed by atoms with E-state index in [2.05, 4.69) is 66.2 Å². The second-order valence-electron chi connectivity index (χ2n) is 4.83. The lowest BCUT2D eigenvalue weighted by atomic mass is 10.0. The molecule has 17 heavy (non-hydrogen) atoms. The molecule has 3 heteroatoms. The Balaban J connectivity index is 2.57. The van der Waals surface area contributed by atoms with Gasteiger partial charge in [0.2, 0.25) is 0 Å². The normalized spacial score (nSPS) is 11.5. The molecule has 0 heterocycles. The fraction of sp³-hybridized carbons (Fsp3) is 0.429. The van der Waals surface area contributed by atoms with Crippen molar-refractivity contribution in [3.05, 3.63) is 40.9 Å². The van der Waals surface area contributed by atoms with Gasteiger partial charge in [-0.15, -0.1) is 6.58 Å². The third-order valence-corrected chi connectivity index (χ3v) is 4.37. The van der Waals surface area contributed by atoms with Crippen LogP contribution in [0.25, 0.3) is 0 Å². The Hall–Kier alpha value is -0.250. The van der Waals surface area contributed by atoms with E-state index in [0.29, 0.717) is 0 Å². The average molecular weight is 314 g/mol. The van der Waals surface area contributed by atoms with Gasteiger partial charge in [0.1, 0.15) is 0 Å². The molecule has 0 unspecified atom stereocenters. The number of hydrogen-bond acceptors (Lipinski definition) is 2. The van der Waals surface area contributed by atoms with E-state index in [4.69, 9.17) is 0 Å². The Morgan fingerprint density at radius 1 is 1.47 bits per heavy atom. The molecule has 0 aliphatic carbocycles. The molecule has 0 bridgehead atoms. The van der Waals surface area contributed by atoms with E-state index < -0.39 is 0 Å². The second-order valence-corrected chi connectivity index (χ2v) is 6.59. The summed E-state index contributed by atoms with van der Waals surface area (Å²) in [5.41, 5.74) is 1.41. The van der Waals surface area contributed by atoms with Crippen LogP contribution in [0.3, 0.4) is 0 Å². The fourth-order valence-corrected chi connectivity index (χ4v) is 2.75. The monoisotopic (exact) mass is 313 g/mol. The first-order chi connectivity index (χ1) is 7.94. The van der Waals surface area contributed by atoms with Gasteiger partial charge in [-0.2, -0.15) is 0 Å². The molecule has 0 saturated heterocycles. The Labute approximate surface area is 117 Å². The first kappa shape index (κ1) is 14.8. The van der Waals surface area contributed by atoms with Crippen LogP contribution in [0, 0.1) is 6.92 Å². The molecule has 94 valence electrons. The highest BCUT2D eigenvalue weighted by atomic mass is 79.9. The zero-order valence-corrected chi connectivity index (χ0v) is 13.1. The Bertz CT molecular complexity index is 388. The molecule has 0 atom stereocenters. The van der Waals surface area contributed by atoms with Gasteiger partial charge < -0.3 is 0 Å². The number of hydrogen-bond donors (Lipinski definition) is 1. The lowest BCUT2D eigenvalue weighted by molar-refractivity contribution is 0.447. The first-order valence-electron chi connectivity index (χ1n) is 5.76. The average Bonchev–Trinajstić information content (AvgIpc) is 2.25. The van der Waals surface area contributed by atoms with Crippen LogP contribution in [0.15, 0.2) is 40.2 Å². The van der Waals surface area contributed by atoms with Gasteiger partial charge in [0.15, 0.2) is 0 Å². The molecule has 0 radical (unpaired) electrons. The highest BCUT2D eigenvalue weighted by Gasteiger charge is 2.16. The van der Waals surface area contributed by atoms with Crippen LogP contribution in [0.5, 0.6) is 0 Å². The van der Waals surface area contributed by atoms with E-state index in [1.807, 2.05) is 6.08 Å². The molecule has 1 rings (SSSR count). The largest absolute Gasteiger partial charge is 0.254 e. The highest BCUT2D eigenvalue weighted by Crippen LogP contribution is 2.26. The Kier molecular flexibility index (Phi) is 5.77. The van der Waals surface area contributed by atoms with Crippen molar-refractivity contribution in [3.63, 3.8) is 0 Å². The lowest BCUT2D eigenvalue weighted by Gasteiger charge is -2.25. The minimum atomic E-state index is 0.123. The van der Waals surface area contributed by atoms with Gasteiger partial charge in [-0.3, -0.25) is 4.72 Å². The minimum absolute atomic E-state index is 0.123. The summed E-state index contributed by atoms with van der Waals surface area (Å²) in [5.74, 6) is 0. The van der Waals surface area contributed by atoms with E-state index in [9.17, 15) is 0 Å². The molecule has 0 aliphatic heterocycles. The van der Waals surface area contributed by atoms with Gasteiger partial charge in [0, 0.05) is 14.9 Å². The first-order valence-corrected chi connectivity index (χ1v) is 7.36. The molecule has 0 amide bonds. The van der Waals surface area contributed by atoms with Crippen molar-refractivity contribution in [3.8, 4) is 0 Å². The van der Waals surface area contributed by atoms with Gasteiger partial charge in [0.05, 0.1) is 0 Å². The molecule has 1 nitrogen and oxygen atoms in total. The van der Waals surface area contributed by atoms with Crippen molar-refractivity contribution in [2.75, 3.05) is 0 Å². The highest BCUT2D eigenvalue weighted by molar-refractivity contribution is 9.10. The van der Waals surface area contributed by atoms with Crippen LogP contribution < -0.4 is 4.72 Å². The maximum Gasteiger partial charge on any atom is 0.0258 e. The quantitative estimate of drug-likeness (QED) is 0.579. The number of rotatable bonds is 6. The lowest BCUT2D eigenvalue weighted by Crippen LogP contribution is -2.33. The second kappa shape index (κ2) is 6.62. The molecule has 1 N–H and O–H groups in total. The van der Waals surface area contributed by atoms with E-state index in [1.54, 1.807) is 11.9 Å². The van der Waals surface area contributed by atoms with Crippen molar-refractivity contribution in [2.45, 2.75) is 44.0 Å². The van der Waals surface area contributed by atoms with E-state index in [1.165, 1.54) is 10.5 Å². The van der Waals surface area contributed by atoms with Crippen LogP contribution in [0.2, 0.25) is 0 Å². The third-order valence-electron chi connectivity index (χ3n) is 2.55. The molecule has 0 fully saturated rings. The molecule has 0 saturated carbocycles. The van der Waals surface area contributed by atoms with Gasteiger partial charge >= 0.3 is 0 Å². The Morgan fingerprint density at radius 2 is 2.18 bits per heavy atom. The minimum Gasteiger partial charge on any atom is -0.254 e. The van der Waals surface area contributed by atoms with Crippen LogP contribution in [0.4, 0.5) is 0 Å². The zero-order valence-electron chi connectivity index (χ0n) is 10.7. The van der Waals surface area contributed by atoms with E-state index >= 15 is 0 Å². The number of halogens is 1. The van der Waals surface area contributed by atoms with Crippen molar-refractivity contribution in [1.82, 2.24) is 4.72 Å². The van der Waals surface area contributed by atoms with Crippen molar-refractivity contribution in [1.29, 1.82) is 0 Å². The van der Waals surface area contributed by atoms with Crippen molar-refractivity contribution < 1.29 is 0 Å². The molecule has 1 aromatic rings. The van der Waals surface area contributed by atoms with E-state index in [-0.39, 0.29) is 5.54 Å². The number of benzene rings is 1. The van der Waals surface area contributed by atoms with Crippen LogP contribution in [-0.4, -0.2) is 5.54 Å². The standard InChI is InChI=1S/C14H20BrNS/c1-5-6-9-14(3,4)16-17-13-8-7-12(15)10-11(13)2/h5,7-8,10,16H,1,6,9H2,2-4H3. The van der Waals surface area contributed by atoms with Gasteiger partial charge in [-0.1, -0.05) is 22.0 Å². The molecular formula is C14H20BrNS. The maximum atomic E-state index is 3.77. The van der Waals surface area contributed by atoms with Crippen molar-refractivity contribution >= 4 is 27.9 Å². The summed E-state index contributed by atoms with van der Waals surface area (Å²) >= 11 is 5.19. The SMILES string of the molecule is C=CCCC(C)(C)NSc1ccc(Br)cc1C. The summed E-state index contributed by atoms with van der Waals surface area (Å²) in [5, 5.41) is 0. The third kappa shape index (κ3) is 5.28. The summed E-state index contributed by atoms with van der Waals surface area (Å²) in [6.45, 7) is 10.3. The summed E-state index contributed by atoms with van der Waals surface area (Å²) in [6, 6.07) is 6.36. The predicted molar refractivity (Wildman–Crippen MR) is 81.4 cm³/mol. The molecule has 0 aliphatic rings. The van der Waals surface area contributed by atoms with Crippen LogP contribution in [-0.2, 0) is 0 Å². The maximum absolute atomic E-state index is 3.77. The van der Waals surface area contributed by atoms with Crippen molar-refractivity contribution in [2.24, 2.45) is 0 Å². The molecule has 0 aromatic heterocycles. The van der Waals surface area contributed by atoms with E-state index in [0.717, 1.165) is 17.3 Å². The predicted octanol–water partition coefficient (Wildman–Crippen LogP) is 5.10. The zero-order chi connectivity index (χ0) is 12.9. The number of allylic oxidation sites excluding steroid dienone is 1. The summed E-state index contributed by atoms with van der Waals surface area (Å²) in [7, 11) is 0. The number of aryl methyl sites for hydroxylation is 1. The summed E-state index contributed by atoms with van der Waals surface area (Å²) < 4.78 is 4.65. The molecule has 1 aromatic carbocycles. The molecular weight excluding hydrogens is 294 g/mol. The fourth-order valence-electron chi connectivity index (χ4n) is 1.43. The van der Waals surface area contributed by atoms with Gasteiger partial charge in [0.25, 0.3) is 0 Å². The summed E-state index contributed by atoms with van der Waals surface area (Å²) in [4.78, 5) is 1.28. The smallest absolute Gasteiger partial charge is 0.0258 e. The Morgan fingerprint density at radius 3 is 2.76 bits per heavy atom. The molecule has 0 spiro atoms. The summed E-state index contributed by atoms with van der Waals surface area (Å²) in [6.07, 6.45) is 4.11. The van der Waals surface area contributed by atoms with Gasteiger partial charge in [-0.05, 0) is 69.3 Å².